The van der Waals surface area contributed by atoms with Gasteiger partial charge >= 0.3 is 0 Å². The van der Waals surface area contributed by atoms with Crippen molar-refractivity contribution >= 4 is 0 Å². The number of hydrogen-bond acceptors (Lipinski definition) is 2. The highest BCUT2D eigenvalue weighted by Crippen LogP contribution is 2.74. The lowest BCUT2D eigenvalue weighted by Crippen LogP contribution is -2.58. The second kappa shape index (κ2) is 6.96. The van der Waals surface area contributed by atoms with Crippen LogP contribution in [0.3, 0.4) is 0 Å². The molecule has 2 unspecified atom stereocenters. The van der Waals surface area contributed by atoms with Gasteiger partial charge in [0.25, 0.3) is 0 Å². The lowest BCUT2D eigenvalue weighted by atomic mass is 9.44. The van der Waals surface area contributed by atoms with Crippen LogP contribution >= 0.6 is 0 Å². The zero-order valence-electron chi connectivity index (χ0n) is 19.8. The molecule has 0 aromatic heterocycles. The molecule has 0 aromatic rings. The van der Waals surface area contributed by atoms with Crippen molar-refractivity contribution in [1.82, 2.24) is 0 Å². The van der Waals surface area contributed by atoms with Gasteiger partial charge in [0.15, 0.2) is 0 Å². The largest absolute Gasteiger partial charge is 0.393 e. The van der Waals surface area contributed by atoms with Gasteiger partial charge in [-0.25, -0.2) is 0 Å². The third kappa shape index (κ3) is 2.94. The van der Waals surface area contributed by atoms with Crippen molar-refractivity contribution in [1.29, 1.82) is 0 Å². The smallest absolute Gasteiger partial charge is 0.103 e. The number of epoxide rings is 1. The van der Waals surface area contributed by atoms with Crippen LogP contribution in [0, 0.1) is 46.3 Å². The molecule has 5 aliphatic rings. The van der Waals surface area contributed by atoms with Crippen molar-refractivity contribution in [2.45, 2.75) is 123 Å². The highest BCUT2D eigenvalue weighted by atomic mass is 16.6. The zero-order valence-corrected chi connectivity index (χ0v) is 19.8. The van der Waals surface area contributed by atoms with Crippen LogP contribution in [0.1, 0.15) is 105 Å². The number of rotatable bonds is 5. The van der Waals surface area contributed by atoms with Gasteiger partial charge in [-0.3, -0.25) is 0 Å². The van der Waals surface area contributed by atoms with Gasteiger partial charge in [0.2, 0.25) is 0 Å². The van der Waals surface area contributed by atoms with Gasteiger partial charge in [-0.2, -0.15) is 0 Å². The number of ether oxygens (including phenoxy) is 1. The molecule has 1 heterocycles. The number of hydrogen-bond donors (Lipinski definition) is 1. The van der Waals surface area contributed by atoms with Crippen LogP contribution in [0.5, 0.6) is 0 Å². The molecule has 1 spiro atoms. The minimum absolute atomic E-state index is 0.0434. The summed E-state index contributed by atoms with van der Waals surface area (Å²) in [7, 11) is 0. The van der Waals surface area contributed by atoms with Crippen molar-refractivity contribution in [2.75, 3.05) is 0 Å². The summed E-state index contributed by atoms with van der Waals surface area (Å²) in [6.45, 7) is 12.6. The Balaban J connectivity index is 1.33. The van der Waals surface area contributed by atoms with E-state index in [1.807, 2.05) is 0 Å². The Hall–Kier alpha value is -0.0800. The average molecular weight is 403 g/mol. The molecule has 2 nitrogen and oxygen atoms in total. The van der Waals surface area contributed by atoms with Gasteiger partial charge in [0.05, 0.1) is 12.2 Å². The first-order valence-corrected chi connectivity index (χ1v) is 13.1. The van der Waals surface area contributed by atoms with E-state index in [0.29, 0.717) is 16.9 Å². The van der Waals surface area contributed by atoms with Crippen LogP contribution in [-0.2, 0) is 4.74 Å². The molecule has 0 aromatic carbocycles. The maximum atomic E-state index is 10.4. The first-order chi connectivity index (χ1) is 13.7. The fourth-order valence-electron chi connectivity index (χ4n) is 9.68. The van der Waals surface area contributed by atoms with Crippen molar-refractivity contribution < 1.29 is 9.84 Å². The first kappa shape index (κ1) is 20.8. The average Bonchev–Trinajstić information content (AvgIpc) is 3.22. The Morgan fingerprint density at radius 1 is 0.966 bits per heavy atom. The van der Waals surface area contributed by atoms with E-state index in [2.05, 4.69) is 34.6 Å². The second-order valence-electron chi connectivity index (χ2n) is 13.0. The quantitative estimate of drug-likeness (QED) is 0.525. The normalized spacial score (nSPS) is 54.3. The fourth-order valence-corrected chi connectivity index (χ4v) is 9.68. The topological polar surface area (TPSA) is 32.8 Å². The summed E-state index contributed by atoms with van der Waals surface area (Å²) in [5, 5.41) is 10.4. The van der Waals surface area contributed by atoms with Crippen LogP contribution in [-0.4, -0.2) is 22.9 Å². The Morgan fingerprint density at radius 2 is 1.76 bits per heavy atom. The van der Waals surface area contributed by atoms with Gasteiger partial charge < -0.3 is 9.84 Å². The molecule has 1 saturated heterocycles. The third-order valence-electron chi connectivity index (χ3n) is 11.3. The van der Waals surface area contributed by atoms with E-state index in [-0.39, 0.29) is 11.7 Å². The Morgan fingerprint density at radius 3 is 2.52 bits per heavy atom. The van der Waals surface area contributed by atoms with Crippen LogP contribution in [0.2, 0.25) is 0 Å². The molecule has 1 N–H and O–H groups in total. The van der Waals surface area contributed by atoms with E-state index >= 15 is 0 Å². The molecule has 5 fully saturated rings. The maximum absolute atomic E-state index is 10.4. The number of aliphatic hydroxyl groups is 1. The summed E-state index contributed by atoms with van der Waals surface area (Å²) >= 11 is 0. The van der Waals surface area contributed by atoms with E-state index in [1.54, 1.807) is 0 Å². The summed E-state index contributed by atoms with van der Waals surface area (Å²) in [4.78, 5) is 0. The molecule has 0 amide bonds. The minimum Gasteiger partial charge on any atom is -0.393 e. The van der Waals surface area contributed by atoms with E-state index in [1.165, 1.54) is 57.8 Å². The first-order valence-electron chi connectivity index (χ1n) is 13.1. The van der Waals surface area contributed by atoms with Gasteiger partial charge in [-0.1, -0.05) is 53.9 Å². The van der Waals surface area contributed by atoms with Gasteiger partial charge in [-0.15, -0.1) is 0 Å². The van der Waals surface area contributed by atoms with Crippen molar-refractivity contribution in [2.24, 2.45) is 46.3 Å². The molecule has 0 radical (unpaired) electrons. The van der Waals surface area contributed by atoms with Crippen molar-refractivity contribution in [3.8, 4) is 0 Å². The fraction of sp³-hybridized carbons (Fsp3) is 1.00. The molecule has 10 atom stereocenters. The highest BCUT2D eigenvalue weighted by Gasteiger charge is 2.76. The molecular weight excluding hydrogens is 356 g/mol. The van der Waals surface area contributed by atoms with Gasteiger partial charge in [0, 0.05) is 11.8 Å². The summed E-state index contributed by atoms with van der Waals surface area (Å²) in [5.74, 6) is 5.31. The van der Waals surface area contributed by atoms with Crippen LogP contribution in [0.15, 0.2) is 0 Å². The predicted octanol–water partition coefficient (Wildman–Crippen LogP) is 6.60. The molecule has 5 rings (SSSR count). The zero-order chi connectivity index (χ0) is 20.6. The van der Waals surface area contributed by atoms with Crippen LogP contribution < -0.4 is 0 Å². The molecule has 4 aliphatic carbocycles. The molecule has 29 heavy (non-hydrogen) atoms. The summed E-state index contributed by atoms with van der Waals surface area (Å²) in [6, 6.07) is 0. The van der Waals surface area contributed by atoms with Crippen LogP contribution in [0.4, 0.5) is 0 Å². The Bertz CT molecular complexity index is 630. The third-order valence-corrected chi connectivity index (χ3v) is 11.3. The standard InChI is InChI=1S/C27H46O2/c1-17(2)7-6-8-18(3)21-9-10-22-20-15-24-27(29-24)16-19(28)11-14-26(27,5)23(20)12-13-25(21,22)4/h17-24,28H,6-16H2,1-5H3/t18-,19?,20+,21-,22+,23+,24+,25-,26-,27?/m1/s1. The predicted molar refractivity (Wildman–Crippen MR) is 119 cm³/mol. The summed E-state index contributed by atoms with van der Waals surface area (Å²) in [5.41, 5.74) is 0.932. The summed E-state index contributed by atoms with van der Waals surface area (Å²) < 4.78 is 6.51. The summed E-state index contributed by atoms with van der Waals surface area (Å²) in [6.07, 6.45) is 14.8. The van der Waals surface area contributed by atoms with E-state index in [4.69, 9.17) is 4.74 Å². The van der Waals surface area contributed by atoms with Gasteiger partial charge in [0.1, 0.15) is 5.60 Å². The second-order valence-corrected chi connectivity index (χ2v) is 13.0. The number of aliphatic hydroxyl groups excluding tert-OH is 1. The van der Waals surface area contributed by atoms with E-state index < -0.39 is 0 Å². The van der Waals surface area contributed by atoms with Crippen LogP contribution in [0.25, 0.3) is 0 Å². The van der Waals surface area contributed by atoms with Crippen molar-refractivity contribution in [3.63, 3.8) is 0 Å². The molecule has 166 valence electrons. The van der Waals surface area contributed by atoms with Crippen molar-refractivity contribution in [3.05, 3.63) is 0 Å². The van der Waals surface area contributed by atoms with E-state index in [0.717, 1.165) is 48.3 Å². The Kier molecular flexibility index (Phi) is 4.99. The van der Waals surface area contributed by atoms with Gasteiger partial charge in [-0.05, 0) is 85.9 Å². The molecular formula is C27H46O2. The molecule has 0 bridgehead atoms. The molecule has 1 aliphatic heterocycles. The lowest BCUT2D eigenvalue weighted by molar-refractivity contribution is -0.116. The molecule has 4 saturated carbocycles. The number of fused-ring (bicyclic) bond motifs is 4. The van der Waals surface area contributed by atoms with E-state index in [9.17, 15) is 5.11 Å². The minimum atomic E-state index is -0.124. The highest BCUT2D eigenvalue weighted by molar-refractivity contribution is 5.24. The Labute approximate surface area is 179 Å². The SMILES string of the molecule is CC(C)CCC[C@@H](C)[C@H]1CC[C@H]2[C@@H]3C[C@@H]4OC45CC(O)CC[C@]5(C)[C@H]3CC[C@]12C. The monoisotopic (exact) mass is 402 g/mol. The molecule has 2 heteroatoms. The lowest BCUT2D eigenvalue weighted by Gasteiger charge is -2.59. The maximum Gasteiger partial charge on any atom is 0.103 e.